The first-order valence-electron chi connectivity index (χ1n) is 9.74. The van der Waals surface area contributed by atoms with Crippen molar-refractivity contribution in [3.63, 3.8) is 0 Å². The molecular formula is C21H17Cl2N7O2. The van der Waals surface area contributed by atoms with Crippen molar-refractivity contribution in [2.45, 2.75) is 13.0 Å². The van der Waals surface area contributed by atoms with E-state index >= 15 is 0 Å². The van der Waals surface area contributed by atoms with Crippen LogP contribution in [0.15, 0.2) is 48.7 Å². The summed E-state index contributed by atoms with van der Waals surface area (Å²) in [6, 6.07) is 12.5. The lowest BCUT2D eigenvalue weighted by molar-refractivity contribution is 0.0996. The SMILES string of the molecule is NC(=O)c1nn(-c2c(Cl)cccc2Cl)nc1Nc1ccc(-n2cc3c(n2)CCOC3)cc1. The van der Waals surface area contributed by atoms with E-state index < -0.39 is 5.91 Å². The Morgan fingerprint density at radius 1 is 1.06 bits per heavy atom. The van der Waals surface area contributed by atoms with Gasteiger partial charge in [0.1, 0.15) is 5.69 Å². The maximum absolute atomic E-state index is 11.9. The van der Waals surface area contributed by atoms with Gasteiger partial charge in [0.15, 0.2) is 11.5 Å². The first-order valence-corrected chi connectivity index (χ1v) is 10.5. The van der Waals surface area contributed by atoms with E-state index in [4.69, 9.17) is 33.7 Å². The van der Waals surface area contributed by atoms with Crippen molar-refractivity contribution in [2.24, 2.45) is 5.73 Å². The van der Waals surface area contributed by atoms with Gasteiger partial charge >= 0.3 is 0 Å². The summed E-state index contributed by atoms with van der Waals surface area (Å²) in [7, 11) is 0. The number of hydrogen-bond acceptors (Lipinski definition) is 6. The van der Waals surface area contributed by atoms with Gasteiger partial charge < -0.3 is 15.8 Å². The average molecular weight is 470 g/mol. The van der Waals surface area contributed by atoms with Crippen LogP contribution in [0.5, 0.6) is 0 Å². The van der Waals surface area contributed by atoms with E-state index in [0.29, 0.717) is 34.6 Å². The van der Waals surface area contributed by atoms with Crippen LogP contribution in [0.2, 0.25) is 10.0 Å². The van der Waals surface area contributed by atoms with Crippen LogP contribution in [-0.2, 0) is 17.8 Å². The van der Waals surface area contributed by atoms with Gasteiger partial charge in [-0.3, -0.25) is 4.79 Å². The van der Waals surface area contributed by atoms with Gasteiger partial charge in [-0.05, 0) is 36.4 Å². The number of carbonyl (C=O) groups is 1. The van der Waals surface area contributed by atoms with Gasteiger partial charge in [0, 0.05) is 23.9 Å². The number of nitrogens with one attached hydrogen (secondary N) is 1. The Labute approximate surface area is 192 Å². The lowest BCUT2D eigenvalue weighted by Gasteiger charge is -2.08. The molecule has 0 saturated carbocycles. The maximum Gasteiger partial charge on any atom is 0.273 e. The number of benzene rings is 2. The largest absolute Gasteiger partial charge is 0.376 e. The highest BCUT2D eigenvalue weighted by Crippen LogP contribution is 2.29. The van der Waals surface area contributed by atoms with Crippen LogP contribution in [0.1, 0.15) is 21.7 Å². The molecule has 3 N–H and O–H groups in total. The fourth-order valence-electron chi connectivity index (χ4n) is 3.43. The van der Waals surface area contributed by atoms with E-state index in [2.05, 4.69) is 20.6 Å². The molecule has 4 aromatic rings. The van der Waals surface area contributed by atoms with Crippen LogP contribution in [0.25, 0.3) is 11.4 Å². The third-order valence-corrected chi connectivity index (χ3v) is 5.61. The number of nitrogens with two attached hydrogens (primary N) is 1. The van der Waals surface area contributed by atoms with E-state index in [9.17, 15) is 4.79 Å². The molecule has 0 radical (unpaired) electrons. The molecule has 32 heavy (non-hydrogen) atoms. The van der Waals surface area contributed by atoms with Crippen molar-refractivity contribution in [1.82, 2.24) is 24.8 Å². The van der Waals surface area contributed by atoms with E-state index in [-0.39, 0.29) is 11.5 Å². The number of carbonyl (C=O) groups excluding carboxylic acids is 1. The second-order valence-electron chi connectivity index (χ2n) is 7.14. The van der Waals surface area contributed by atoms with Crippen LogP contribution in [0.3, 0.4) is 0 Å². The lowest BCUT2D eigenvalue weighted by atomic mass is 10.2. The number of anilines is 2. The Kier molecular flexibility index (Phi) is 5.30. The summed E-state index contributed by atoms with van der Waals surface area (Å²) >= 11 is 12.5. The van der Waals surface area contributed by atoms with Crippen molar-refractivity contribution >= 4 is 40.6 Å². The number of hydrogen-bond donors (Lipinski definition) is 2. The number of nitrogens with zero attached hydrogens (tertiary/aromatic N) is 5. The van der Waals surface area contributed by atoms with Gasteiger partial charge in [0.05, 0.1) is 34.6 Å². The zero-order valence-corrected chi connectivity index (χ0v) is 18.1. The van der Waals surface area contributed by atoms with Gasteiger partial charge in [0.25, 0.3) is 5.91 Å². The third kappa shape index (κ3) is 3.81. The minimum atomic E-state index is -0.733. The van der Waals surface area contributed by atoms with Crippen molar-refractivity contribution in [2.75, 3.05) is 11.9 Å². The molecule has 0 atom stereocenters. The van der Waals surface area contributed by atoms with Crippen molar-refractivity contribution in [3.05, 3.63) is 75.7 Å². The van der Waals surface area contributed by atoms with E-state index in [0.717, 1.165) is 23.4 Å². The first-order chi connectivity index (χ1) is 15.5. The van der Waals surface area contributed by atoms with E-state index in [1.165, 1.54) is 4.80 Å². The number of fused-ring (bicyclic) bond motifs is 1. The Balaban J connectivity index is 1.43. The summed E-state index contributed by atoms with van der Waals surface area (Å²) in [6.07, 6.45) is 2.78. The Bertz CT molecular complexity index is 1270. The number of rotatable bonds is 5. The molecule has 0 aliphatic carbocycles. The highest BCUT2D eigenvalue weighted by atomic mass is 35.5. The fourth-order valence-corrected chi connectivity index (χ4v) is 3.98. The molecule has 1 aliphatic rings. The maximum atomic E-state index is 11.9. The van der Waals surface area contributed by atoms with Gasteiger partial charge in [0.2, 0.25) is 0 Å². The number of amides is 1. The Morgan fingerprint density at radius 3 is 2.50 bits per heavy atom. The summed E-state index contributed by atoms with van der Waals surface area (Å²) in [5, 5.41) is 16.9. The average Bonchev–Trinajstić information content (AvgIpc) is 3.39. The molecular weight excluding hydrogens is 453 g/mol. The number of para-hydroxylation sites is 1. The lowest BCUT2D eigenvalue weighted by Crippen LogP contribution is -2.14. The molecule has 2 aromatic heterocycles. The molecule has 0 bridgehead atoms. The summed E-state index contributed by atoms with van der Waals surface area (Å²) in [4.78, 5) is 13.1. The standard InChI is InChI=1S/C21H17Cl2N7O2/c22-15-2-1-3-16(23)19(15)30-27-18(20(24)31)21(28-30)25-13-4-6-14(7-5-13)29-10-12-11-32-9-8-17(12)26-29/h1-7,10H,8-9,11H2,(H2,24,31)(H,25,28). The quantitative estimate of drug-likeness (QED) is 0.460. The molecule has 0 fully saturated rings. The van der Waals surface area contributed by atoms with Crippen LogP contribution in [0.4, 0.5) is 11.5 Å². The predicted molar refractivity (Wildman–Crippen MR) is 120 cm³/mol. The third-order valence-electron chi connectivity index (χ3n) is 5.00. The summed E-state index contributed by atoms with van der Waals surface area (Å²) < 4.78 is 7.30. The molecule has 162 valence electrons. The number of ether oxygens (including phenoxy) is 1. The molecule has 1 aliphatic heterocycles. The van der Waals surface area contributed by atoms with Crippen molar-refractivity contribution in [1.29, 1.82) is 0 Å². The predicted octanol–water partition coefficient (Wildman–Crippen LogP) is 3.68. The normalized spacial score (nSPS) is 13.1. The molecule has 1 amide bonds. The van der Waals surface area contributed by atoms with Crippen LogP contribution in [0, 0.1) is 0 Å². The molecule has 0 unspecified atom stereocenters. The number of halogens is 2. The van der Waals surface area contributed by atoms with Crippen LogP contribution >= 0.6 is 23.2 Å². The highest BCUT2D eigenvalue weighted by Gasteiger charge is 2.20. The summed E-state index contributed by atoms with van der Waals surface area (Å²) in [6.45, 7) is 1.27. The minimum Gasteiger partial charge on any atom is -0.376 e. The second kappa shape index (κ2) is 8.27. The Morgan fingerprint density at radius 2 is 1.81 bits per heavy atom. The molecule has 11 heteroatoms. The zero-order valence-electron chi connectivity index (χ0n) is 16.6. The van der Waals surface area contributed by atoms with Crippen molar-refractivity contribution in [3.8, 4) is 11.4 Å². The van der Waals surface area contributed by atoms with Gasteiger partial charge in [-0.1, -0.05) is 29.3 Å². The summed E-state index contributed by atoms with van der Waals surface area (Å²) in [5.41, 5.74) is 9.55. The molecule has 5 rings (SSSR count). The topological polar surface area (TPSA) is 113 Å². The van der Waals surface area contributed by atoms with Crippen LogP contribution in [-0.4, -0.2) is 37.3 Å². The second-order valence-corrected chi connectivity index (χ2v) is 7.96. The molecule has 9 nitrogen and oxygen atoms in total. The smallest absolute Gasteiger partial charge is 0.273 e. The van der Waals surface area contributed by atoms with Gasteiger partial charge in [-0.2, -0.15) is 5.10 Å². The van der Waals surface area contributed by atoms with E-state index in [1.54, 1.807) is 18.2 Å². The first kappa shape index (κ1) is 20.5. The number of aromatic nitrogens is 5. The summed E-state index contributed by atoms with van der Waals surface area (Å²) in [5.74, 6) is -0.546. The molecule has 0 spiro atoms. The molecule has 3 heterocycles. The van der Waals surface area contributed by atoms with Crippen LogP contribution < -0.4 is 11.1 Å². The molecule has 2 aromatic carbocycles. The monoisotopic (exact) mass is 469 g/mol. The highest BCUT2D eigenvalue weighted by molar-refractivity contribution is 6.37. The Hall–Kier alpha value is -3.40. The number of primary amides is 1. The van der Waals surface area contributed by atoms with E-state index in [1.807, 2.05) is 35.1 Å². The zero-order chi connectivity index (χ0) is 22.2. The molecule has 0 saturated heterocycles. The van der Waals surface area contributed by atoms with Gasteiger partial charge in [-0.15, -0.1) is 15.0 Å². The minimum absolute atomic E-state index is 0.0372. The fraction of sp³-hybridized carbons (Fsp3) is 0.143. The van der Waals surface area contributed by atoms with Gasteiger partial charge in [-0.25, -0.2) is 4.68 Å². The van der Waals surface area contributed by atoms with Crippen molar-refractivity contribution < 1.29 is 9.53 Å².